The van der Waals surface area contributed by atoms with Crippen molar-refractivity contribution < 1.29 is 14.3 Å². The van der Waals surface area contributed by atoms with Crippen molar-refractivity contribution in [2.24, 2.45) is 0 Å². The molecule has 1 rings (SSSR count). The van der Waals surface area contributed by atoms with Gasteiger partial charge in [0.25, 0.3) is 0 Å². The Morgan fingerprint density at radius 2 is 1.43 bits per heavy atom. The molecule has 0 radical (unpaired) electrons. The predicted octanol–water partition coefficient (Wildman–Crippen LogP) is 5.24. The van der Waals surface area contributed by atoms with Crippen LogP contribution in [0.1, 0.15) is 68.1 Å². The van der Waals surface area contributed by atoms with Crippen molar-refractivity contribution in [2.75, 3.05) is 12.9 Å². The van der Waals surface area contributed by atoms with Gasteiger partial charge in [-0.05, 0) is 12.8 Å². The molecule has 0 aliphatic heterocycles. The average Bonchev–Trinajstić information content (AvgIpc) is 2.59. The molecule has 0 amide bonds. The van der Waals surface area contributed by atoms with E-state index in [1.807, 2.05) is 30.3 Å². The molecule has 0 saturated heterocycles. The van der Waals surface area contributed by atoms with E-state index in [1.54, 1.807) is 0 Å². The van der Waals surface area contributed by atoms with E-state index in [1.165, 1.54) is 51.0 Å². The maximum atomic E-state index is 11.9. The molecule has 0 atom stereocenters. The number of carbonyl (C=O) groups is 2. The molecular formula is C19H28O3S. The minimum atomic E-state index is -0.104. The molecule has 0 unspecified atom stereocenters. The van der Waals surface area contributed by atoms with Crippen LogP contribution < -0.4 is 0 Å². The number of rotatable bonds is 12. The maximum absolute atomic E-state index is 11.9. The lowest BCUT2D eigenvalue weighted by atomic mass is 10.1. The number of esters is 1. The van der Waals surface area contributed by atoms with Crippen molar-refractivity contribution in [3.8, 4) is 0 Å². The van der Waals surface area contributed by atoms with Crippen LogP contribution in [0, 0.1) is 0 Å². The van der Waals surface area contributed by atoms with Gasteiger partial charge in [0.05, 0.1) is 7.11 Å². The fraction of sp³-hybridized carbons (Fsp3) is 0.579. The standard InChI is InChI=1S/C19H28O3S/c1-22-18(20)15-11-6-4-2-3-5-7-12-16-23-19(21)17-13-9-8-10-14-17/h8-10,13-14H,2-7,11-12,15-16H2,1H3. The Morgan fingerprint density at radius 1 is 0.870 bits per heavy atom. The summed E-state index contributed by atoms with van der Waals surface area (Å²) in [5.41, 5.74) is 0.796. The highest BCUT2D eigenvalue weighted by Gasteiger charge is 2.04. The van der Waals surface area contributed by atoms with Crippen LogP contribution in [0.5, 0.6) is 0 Å². The van der Waals surface area contributed by atoms with Gasteiger partial charge in [-0.15, -0.1) is 0 Å². The van der Waals surface area contributed by atoms with Gasteiger partial charge in [-0.1, -0.05) is 80.6 Å². The summed E-state index contributed by atoms with van der Waals surface area (Å²) in [6, 6.07) is 9.47. The first-order valence-corrected chi connectivity index (χ1v) is 9.51. The van der Waals surface area contributed by atoms with Gasteiger partial charge in [-0.25, -0.2) is 0 Å². The largest absolute Gasteiger partial charge is 0.469 e. The first kappa shape index (κ1) is 19.8. The molecule has 0 aromatic heterocycles. The molecule has 0 N–H and O–H groups in total. The second kappa shape index (κ2) is 13.2. The molecular weight excluding hydrogens is 308 g/mol. The second-order valence-electron chi connectivity index (χ2n) is 5.66. The molecule has 0 fully saturated rings. The Kier molecular flexibility index (Phi) is 11.3. The Hall–Kier alpha value is -1.29. The number of benzene rings is 1. The van der Waals surface area contributed by atoms with E-state index < -0.39 is 0 Å². The minimum absolute atomic E-state index is 0.104. The van der Waals surface area contributed by atoms with E-state index in [0.29, 0.717) is 6.42 Å². The van der Waals surface area contributed by atoms with Crippen molar-refractivity contribution in [1.82, 2.24) is 0 Å². The topological polar surface area (TPSA) is 43.4 Å². The quantitative estimate of drug-likeness (QED) is 0.386. The smallest absolute Gasteiger partial charge is 0.305 e. The zero-order valence-corrected chi connectivity index (χ0v) is 14.9. The highest BCUT2D eigenvalue weighted by molar-refractivity contribution is 8.14. The Balaban J connectivity index is 1.87. The molecule has 3 nitrogen and oxygen atoms in total. The molecule has 0 bridgehead atoms. The number of ether oxygens (including phenoxy) is 1. The van der Waals surface area contributed by atoms with Gasteiger partial charge >= 0.3 is 5.97 Å². The van der Waals surface area contributed by atoms with Crippen molar-refractivity contribution >= 4 is 22.8 Å². The summed E-state index contributed by atoms with van der Waals surface area (Å²) in [7, 11) is 1.44. The number of thioether (sulfide) groups is 1. The average molecular weight is 336 g/mol. The fourth-order valence-corrected chi connectivity index (χ4v) is 3.19. The van der Waals surface area contributed by atoms with Gasteiger partial charge in [-0.2, -0.15) is 0 Å². The summed E-state index contributed by atoms with van der Waals surface area (Å²) < 4.78 is 4.61. The van der Waals surface area contributed by atoms with Crippen molar-refractivity contribution in [1.29, 1.82) is 0 Å². The van der Waals surface area contributed by atoms with Crippen LogP contribution in [0.4, 0.5) is 0 Å². The molecule has 1 aromatic rings. The third-order valence-corrected chi connectivity index (χ3v) is 4.74. The number of hydrogen-bond acceptors (Lipinski definition) is 4. The van der Waals surface area contributed by atoms with Crippen molar-refractivity contribution in [2.45, 2.75) is 57.8 Å². The van der Waals surface area contributed by atoms with Crippen LogP contribution in [0.3, 0.4) is 0 Å². The van der Waals surface area contributed by atoms with Crippen LogP contribution in [0.15, 0.2) is 30.3 Å². The molecule has 0 aliphatic rings. The SMILES string of the molecule is COC(=O)CCCCCCCCCCSC(=O)c1ccccc1. The lowest BCUT2D eigenvalue weighted by Gasteiger charge is -2.03. The van der Waals surface area contributed by atoms with Crippen LogP contribution >= 0.6 is 11.8 Å². The molecule has 0 saturated carbocycles. The monoisotopic (exact) mass is 336 g/mol. The lowest BCUT2D eigenvalue weighted by molar-refractivity contribution is -0.140. The maximum Gasteiger partial charge on any atom is 0.305 e. The number of unbranched alkanes of at least 4 members (excludes halogenated alkanes) is 7. The molecule has 0 aliphatic carbocycles. The summed E-state index contributed by atoms with van der Waals surface area (Å²) in [6.07, 6.45) is 9.79. The highest BCUT2D eigenvalue weighted by Crippen LogP contribution is 2.15. The normalized spacial score (nSPS) is 10.5. The second-order valence-corrected chi connectivity index (χ2v) is 6.72. The van der Waals surface area contributed by atoms with E-state index in [9.17, 15) is 9.59 Å². The van der Waals surface area contributed by atoms with Gasteiger partial charge in [0.2, 0.25) is 5.12 Å². The minimum Gasteiger partial charge on any atom is -0.469 e. The van der Waals surface area contributed by atoms with E-state index in [2.05, 4.69) is 4.74 Å². The van der Waals surface area contributed by atoms with Gasteiger partial charge in [-0.3, -0.25) is 9.59 Å². The third-order valence-electron chi connectivity index (χ3n) is 3.75. The Bertz CT molecular complexity index is 445. The summed E-state index contributed by atoms with van der Waals surface area (Å²) >= 11 is 1.43. The van der Waals surface area contributed by atoms with Gasteiger partial charge < -0.3 is 4.74 Å². The molecule has 128 valence electrons. The number of hydrogen-bond donors (Lipinski definition) is 0. The van der Waals surface area contributed by atoms with E-state index in [-0.39, 0.29) is 11.1 Å². The Labute approximate surface area is 144 Å². The lowest BCUT2D eigenvalue weighted by Crippen LogP contribution is -1.99. The Morgan fingerprint density at radius 3 is 2.04 bits per heavy atom. The fourth-order valence-electron chi connectivity index (χ4n) is 2.36. The zero-order valence-electron chi connectivity index (χ0n) is 14.1. The van der Waals surface area contributed by atoms with E-state index >= 15 is 0 Å². The summed E-state index contributed by atoms with van der Waals surface area (Å²) in [6.45, 7) is 0. The van der Waals surface area contributed by atoms with Crippen LogP contribution in [0.2, 0.25) is 0 Å². The van der Waals surface area contributed by atoms with E-state index in [4.69, 9.17) is 0 Å². The highest BCUT2D eigenvalue weighted by atomic mass is 32.2. The first-order chi connectivity index (χ1) is 11.2. The van der Waals surface area contributed by atoms with E-state index in [0.717, 1.165) is 30.6 Å². The summed E-state index contributed by atoms with van der Waals surface area (Å²) in [4.78, 5) is 22.8. The molecule has 23 heavy (non-hydrogen) atoms. The first-order valence-electron chi connectivity index (χ1n) is 8.53. The zero-order chi connectivity index (χ0) is 16.8. The third kappa shape index (κ3) is 10.2. The van der Waals surface area contributed by atoms with Gasteiger partial charge in [0.15, 0.2) is 0 Å². The van der Waals surface area contributed by atoms with Crippen LogP contribution in [-0.2, 0) is 9.53 Å². The molecule has 0 heterocycles. The van der Waals surface area contributed by atoms with Gasteiger partial charge in [0, 0.05) is 17.7 Å². The van der Waals surface area contributed by atoms with Gasteiger partial charge in [0.1, 0.15) is 0 Å². The summed E-state index contributed by atoms with van der Waals surface area (Å²) in [5.74, 6) is 0.805. The van der Waals surface area contributed by atoms with Crippen molar-refractivity contribution in [3.05, 3.63) is 35.9 Å². The predicted molar refractivity (Wildman–Crippen MR) is 96.8 cm³/mol. The van der Waals surface area contributed by atoms with Crippen LogP contribution in [-0.4, -0.2) is 23.9 Å². The number of carbonyl (C=O) groups excluding carboxylic acids is 2. The molecule has 1 aromatic carbocycles. The van der Waals surface area contributed by atoms with Crippen molar-refractivity contribution in [3.63, 3.8) is 0 Å². The molecule has 4 heteroatoms. The summed E-state index contributed by atoms with van der Waals surface area (Å²) in [5, 5.41) is 0.177. The number of methoxy groups -OCH3 is 1. The molecule has 0 spiro atoms. The van der Waals surface area contributed by atoms with Crippen LogP contribution in [0.25, 0.3) is 0 Å².